The number of methoxy groups -OCH3 is 1. The van der Waals surface area contributed by atoms with Crippen molar-refractivity contribution in [2.24, 2.45) is 0 Å². The molecule has 0 amide bonds. The highest BCUT2D eigenvalue weighted by Gasteiger charge is 2.22. The summed E-state index contributed by atoms with van der Waals surface area (Å²) in [5, 5.41) is 11.7. The highest BCUT2D eigenvalue weighted by atomic mass is 16.5. The minimum Gasteiger partial charge on any atom is -0.468 e. The van der Waals surface area contributed by atoms with Crippen LogP contribution in [0.3, 0.4) is 0 Å². The van der Waals surface area contributed by atoms with Gasteiger partial charge in [-0.2, -0.15) is 5.26 Å². The van der Waals surface area contributed by atoms with Crippen molar-refractivity contribution in [3.8, 4) is 6.07 Å². The Morgan fingerprint density at radius 2 is 2.12 bits per heavy atom. The van der Waals surface area contributed by atoms with Crippen molar-refractivity contribution in [2.45, 2.75) is 25.4 Å². The Balaban J connectivity index is 2.82. The molecule has 4 nitrogen and oxygen atoms in total. The molecule has 4 heteroatoms. The van der Waals surface area contributed by atoms with E-state index in [0.717, 1.165) is 5.56 Å². The van der Waals surface area contributed by atoms with E-state index in [1.165, 1.54) is 7.11 Å². The zero-order valence-electron chi connectivity index (χ0n) is 10.0. The van der Waals surface area contributed by atoms with Crippen molar-refractivity contribution < 1.29 is 9.53 Å². The van der Waals surface area contributed by atoms with Crippen LogP contribution in [0.1, 0.15) is 24.9 Å². The molecule has 1 N–H and O–H groups in total. The Kier molecular flexibility index (Phi) is 5.18. The molecule has 0 aromatic heterocycles. The van der Waals surface area contributed by atoms with E-state index < -0.39 is 6.04 Å². The molecule has 0 saturated carbocycles. The van der Waals surface area contributed by atoms with Gasteiger partial charge in [0.2, 0.25) is 0 Å². The second-order valence-electron chi connectivity index (χ2n) is 3.80. The predicted octanol–water partition coefficient (Wildman–Crippen LogP) is 1.79. The summed E-state index contributed by atoms with van der Waals surface area (Å²) in [4.78, 5) is 11.7. The van der Waals surface area contributed by atoms with E-state index in [1.54, 1.807) is 0 Å². The quantitative estimate of drug-likeness (QED) is 0.786. The number of nitriles is 1. The fourth-order valence-corrected chi connectivity index (χ4v) is 1.54. The number of esters is 1. The molecule has 1 rings (SSSR count). The standard InChI is InChI=1S/C13H16N2O2/c1-10(8-9-14)15-12(13(16)17-2)11-6-4-3-5-7-11/h3-7,10,12,15H,8H2,1-2H3. The maximum atomic E-state index is 11.7. The predicted molar refractivity (Wildman–Crippen MR) is 64.0 cm³/mol. The highest BCUT2D eigenvalue weighted by Crippen LogP contribution is 2.15. The molecule has 0 spiro atoms. The normalized spacial score (nSPS) is 13.5. The van der Waals surface area contributed by atoms with Gasteiger partial charge < -0.3 is 4.74 Å². The summed E-state index contributed by atoms with van der Waals surface area (Å²) >= 11 is 0. The fraction of sp³-hybridized carbons (Fsp3) is 0.385. The number of ether oxygens (including phenoxy) is 1. The Morgan fingerprint density at radius 1 is 1.47 bits per heavy atom. The smallest absolute Gasteiger partial charge is 0.327 e. The van der Waals surface area contributed by atoms with Crippen LogP contribution in [0.5, 0.6) is 0 Å². The lowest BCUT2D eigenvalue weighted by Crippen LogP contribution is -2.35. The van der Waals surface area contributed by atoms with Gasteiger partial charge in [-0.15, -0.1) is 0 Å². The van der Waals surface area contributed by atoms with E-state index in [9.17, 15) is 4.79 Å². The van der Waals surface area contributed by atoms with E-state index in [-0.39, 0.29) is 12.0 Å². The van der Waals surface area contributed by atoms with Gasteiger partial charge >= 0.3 is 5.97 Å². The van der Waals surface area contributed by atoms with Crippen molar-refractivity contribution in [1.29, 1.82) is 5.26 Å². The summed E-state index contributed by atoms with van der Waals surface area (Å²) in [6.07, 6.45) is 0.348. The second kappa shape index (κ2) is 6.66. The fourth-order valence-electron chi connectivity index (χ4n) is 1.54. The maximum absolute atomic E-state index is 11.7. The van der Waals surface area contributed by atoms with E-state index in [1.807, 2.05) is 37.3 Å². The monoisotopic (exact) mass is 232 g/mol. The number of nitrogens with one attached hydrogen (secondary N) is 1. The first kappa shape index (κ1) is 13.2. The van der Waals surface area contributed by atoms with Gasteiger partial charge in [0, 0.05) is 6.04 Å². The molecule has 0 saturated heterocycles. The van der Waals surface area contributed by atoms with E-state index in [4.69, 9.17) is 10.00 Å². The lowest BCUT2D eigenvalue weighted by Gasteiger charge is -2.20. The Bertz CT molecular complexity index is 398. The van der Waals surface area contributed by atoms with E-state index in [0.29, 0.717) is 6.42 Å². The van der Waals surface area contributed by atoms with Crippen LogP contribution in [-0.2, 0) is 9.53 Å². The molecule has 90 valence electrons. The molecule has 2 atom stereocenters. The van der Waals surface area contributed by atoms with Crippen molar-refractivity contribution in [3.05, 3.63) is 35.9 Å². The van der Waals surface area contributed by atoms with Gasteiger partial charge in [0.1, 0.15) is 6.04 Å². The van der Waals surface area contributed by atoms with Gasteiger partial charge in [-0.3, -0.25) is 5.32 Å². The molecule has 2 unspecified atom stereocenters. The summed E-state index contributed by atoms with van der Waals surface area (Å²) in [6.45, 7) is 1.86. The van der Waals surface area contributed by atoms with Crippen molar-refractivity contribution in [1.82, 2.24) is 5.32 Å². The van der Waals surface area contributed by atoms with Crippen LogP contribution in [-0.4, -0.2) is 19.1 Å². The molecule has 0 radical (unpaired) electrons. The zero-order valence-corrected chi connectivity index (χ0v) is 10.0. The van der Waals surface area contributed by atoms with Gasteiger partial charge in [0.15, 0.2) is 0 Å². The zero-order chi connectivity index (χ0) is 12.7. The van der Waals surface area contributed by atoms with E-state index in [2.05, 4.69) is 11.4 Å². The number of hydrogen-bond donors (Lipinski definition) is 1. The minimum absolute atomic E-state index is 0.0655. The van der Waals surface area contributed by atoms with Crippen LogP contribution in [0.4, 0.5) is 0 Å². The number of rotatable bonds is 5. The third-order valence-electron chi connectivity index (χ3n) is 2.42. The summed E-state index contributed by atoms with van der Waals surface area (Å²) in [6, 6.07) is 10.8. The summed E-state index contributed by atoms with van der Waals surface area (Å²) < 4.78 is 4.76. The lowest BCUT2D eigenvalue weighted by atomic mass is 10.1. The van der Waals surface area contributed by atoms with Crippen LogP contribution in [0.15, 0.2) is 30.3 Å². The minimum atomic E-state index is -0.524. The largest absolute Gasteiger partial charge is 0.468 e. The lowest BCUT2D eigenvalue weighted by molar-refractivity contribution is -0.143. The highest BCUT2D eigenvalue weighted by molar-refractivity contribution is 5.77. The van der Waals surface area contributed by atoms with Gasteiger partial charge in [0.05, 0.1) is 19.6 Å². The molecule has 0 aliphatic heterocycles. The van der Waals surface area contributed by atoms with E-state index >= 15 is 0 Å². The Labute approximate surface area is 101 Å². The van der Waals surface area contributed by atoms with Crippen LogP contribution in [0.2, 0.25) is 0 Å². The van der Waals surface area contributed by atoms with Gasteiger partial charge in [-0.1, -0.05) is 30.3 Å². The average molecular weight is 232 g/mol. The SMILES string of the molecule is COC(=O)C(NC(C)CC#N)c1ccccc1. The van der Waals surface area contributed by atoms with Crippen molar-refractivity contribution in [3.63, 3.8) is 0 Å². The molecule has 17 heavy (non-hydrogen) atoms. The summed E-state index contributed by atoms with van der Waals surface area (Å²) in [5.74, 6) is -0.346. The first-order valence-corrected chi connectivity index (χ1v) is 5.44. The van der Waals surface area contributed by atoms with Gasteiger partial charge in [-0.25, -0.2) is 4.79 Å². The maximum Gasteiger partial charge on any atom is 0.327 e. The summed E-state index contributed by atoms with van der Waals surface area (Å²) in [5.41, 5.74) is 0.837. The molecular weight excluding hydrogens is 216 g/mol. The number of nitrogens with zero attached hydrogens (tertiary/aromatic N) is 1. The molecule has 0 aliphatic carbocycles. The summed E-state index contributed by atoms with van der Waals surface area (Å²) in [7, 11) is 1.36. The van der Waals surface area contributed by atoms with Crippen LogP contribution >= 0.6 is 0 Å². The first-order valence-electron chi connectivity index (χ1n) is 5.44. The Morgan fingerprint density at radius 3 is 2.65 bits per heavy atom. The Hall–Kier alpha value is -1.86. The topological polar surface area (TPSA) is 62.1 Å². The molecule has 1 aromatic carbocycles. The van der Waals surface area contributed by atoms with Crippen LogP contribution < -0.4 is 5.32 Å². The van der Waals surface area contributed by atoms with Gasteiger partial charge in [0.25, 0.3) is 0 Å². The van der Waals surface area contributed by atoms with Gasteiger partial charge in [-0.05, 0) is 12.5 Å². The molecule has 0 heterocycles. The number of carbonyl (C=O) groups is 1. The number of benzene rings is 1. The molecule has 0 fully saturated rings. The molecule has 0 aliphatic rings. The molecule has 0 bridgehead atoms. The number of carbonyl (C=O) groups excluding carboxylic acids is 1. The second-order valence-corrected chi connectivity index (χ2v) is 3.80. The molecule has 1 aromatic rings. The number of hydrogen-bond acceptors (Lipinski definition) is 4. The van der Waals surface area contributed by atoms with Crippen LogP contribution in [0, 0.1) is 11.3 Å². The first-order chi connectivity index (χ1) is 8.19. The molecular formula is C13H16N2O2. The van der Waals surface area contributed by atoms with Crippen molar-refractivity contribution in [2.75, 3.05) is 7.11 Å². The van der Waals surface area contributed by atoms with Crippen molar-refractivity contribution >= 4 is 5.97 Å². The third-order valence-corrected chi connectivity index (χ3v) is 2.42. The third kappa shape index (κ3) is 3.89. The average Bonchev–Trinajstić information content (AvgIpc) is 2.36. The van der Waals surface area contributed by atoms with Crippen LogP contribution in [0.25, 0.3) is 0 Å².